The highest BCUT2D eigenvalue weighted by molar-refractivity contribution is 5.63. The van der Waals surface area contributed by atoms with Gasteiger partial charge >= 0.3 is 47.4 Å². The van der Waals surface area contributed by atoms with Crippen LogP contribution in [0.15, 0.2) is 0 Å². The number of hydrogen-bond donors (Lipinski definition) is 0. The van der Waals surface area contributed by atoms with Gasteiger partial charge in [0.2, 0.25) is 0 Å². The molecule has 0 aromatic heterocycles. The van der Waals surface area contributed by atoms with Crippen LogP contribution < -0.4 is 0 Å². The summed E-state index contributed by atoms with van der Waals surface area (Å²) in [4.78, 5) is 19.2. The van der Waals surface area contributed by atoms with Crippen molar-refractivity contribution in [3.63, 3.8) is 0 Å². The normalized spacial score (nSPS) is 16.1. The minimum absolute atomic E-state index is 2.48. The number of alkyl halides is 16. The second-order valence-corrected chi connectivity index (χ2v) is 4.93. The quantitative estimate of drug-likeness (QED) is 0.378. The van der Waals surface area contributed by atoms with Crippen molar-refractivity contribution in [2.45, 2.75) is 47.4 Å². The Balaban J connectivity index is 6.77. The molecular weight excluding hydrogens is 456 g/mol. The van der Waals surface area contributed by atoms with Crippen LogP contribution in [-0.2, 0) is 9.59 Å². The van der Waals surface area contributed by atoms with Crippen LogP contribution in [0.2, 0.25) is 0 Å². The molecule has 0 aromatic carbocycles. The van der Waals surface area contributed by atoms with E-state index < -0.39 is 60.0 Å². The van der Waals surface area contributed by atoms with E-state index in [-0.39, 0.29) is 0 Å². The lowest BCUT2D eigenvalue weighted by Gasteiger charge is -2.42. The Labute approximate surface area is 141 Å². The summed E-state index contributed by atoms with van der Waals surface area (Å²) in [7, 11) is 0. The first-order valence-corrected chi connectivity index (χ1v) is 5.82. The number of carbonyl (C=O) groups excluding carboxylic acids is 2. The van der Waals surface area contributed by atoms with E-state index in [1.165, 1.54) is 0 Å². The maximum Gasteiger partial charge on any atom is 0.385 e. The summed E-state index contributed by atoms with van der Waals surface area (Å²) in [6, 6.07) is 0. The van der Waals surface area contributed by atoms with Gasteiger partial charge in [0, 0.05) is 0 Å². The first-order valence-electron chi connectivity index (χ1n) is 5.82. The van der Waals surface area contributed by atoms with Crippen molar-refractivity contribution in [1.29, 1.82) is 0 Å². The van der Waals surface area contributed by atoms with Crippen molar-refractivity contribution in [3.8, 4) is 0 Å². The average Bonchev–Trinajstić information content (AvgIpc) is 2.53. The van der Waals surface area contributed by atoms with E-state index in [0.29, 0.717) is 0 Å². The monoisotopic (exact) mass is 458 g/mol. The van der Waals surface area contributed by atoms with Gasteiger partial charge < -0.3 is 0 Å². The molecule has 2 nitrogen and oxygen atoms in total. The summed E-state index contributed by atoms with van der Waals surface area (Å²) < 4.78 is 205. The highest BCUT2D eigenvalue weighted by atomic mass is 19.4. The van der Waals surface area contributed by atoms with Gasteiger partial charge in [-0.3, -0.25) is 9.59 Å². The summed E-state index contributed by atoms with van der Waals surface area (Å²) in [5, 5.41) is 0. The summed E-state index contributed by atoms with van der Waals surface area (Å²) in [5.74, 6) is -63.6. The molecule has 0 amide bonds. The molecule has 28 heavy (non-hydrogen) atoms. The van der Waals surface area contributed by atoms with E-state index in [0.717, 1.165) is 0 Å². The molecule has 0 aliphatic carbocycles. The van der Waals surface area contributed by atoms with Crippen LogP contribution in [-0.4, -0.2) is 60.0 Å². The van der Waals surface area contributed by atoms with Crippen molar-refractivity contribution < 1.29 is 79.8 Å². The minimum Gasteiger partial charge on any atom is -0.296 e. The smallest absolute Gasteiger partial charge is 0.296 e. The standard InChI is InChI=1S/C10H2F16O2/c11-3(12,1-27)5(15,16)7(19,20)9(23,24)10(25,26)8(21,22)6(17,18)4(13,14)2-28/h1-2H. The van der Waals surface area contributed by atoms with Gasteiger partial charge in [-0.2, -0.15) is 70.2 Å². The van der Waals surface area contributed by atoms with Gasteiger partial charge in [-0.1, -0.05) is 0 Å². The van der Waals surface area contributed by atoms with E-state index in [4.69, 9.17) is 0 Å². The van der Waals surface area contributed by atoms with Gasteiger partial charge in [0.1, 0.15) is 0 Å². The Kier molecular flexibility index (Phi) is 5.96. The van der Waals surface area contributed by atoms with Crippen molar-refractivity contribution >= 4 is 12.6 Å². The lowest BCUT2D eigenvalue weighted by Crippen LogP contribution is -2.75. The van der Waals surface area contributed by atoms with Gasteiger partial charge in [0.15, 0.2) is 12.6 Å². The van der Waals surface area contributed by atoms with Crippen LogP contribution in [0.25, 0.3) is 0 Å². The minimum atomic E-state index is -8.60. The molecule has 0 bridgehead atoms. The molecule has 0 unspecified atom stereocenters. The molecule has 0 saturated carbocycles. The van der Waals surface area contributed by atoms with E-state index in [9.17, 15) is 79.8 Å². The third-order valence-electron chi connectivity index (χ3n) is 3.10. The second-order valence-electron chi connectivity index (χ2n) is 4.93. The van der Waals surface area contributed by atoms with Crippen LogP contribution in [0.5, 0.6) is 0 Å². The summed E-state index contributed by atoms with van der Waals surface area (Å²) in [6.45, 7) is 0. The molecule has 0 saturated heterocycles. The van der Waals surface area contributed by atoms with Crippen molar-refractivity contribution in [2.75, 3.05) is 0 Å². The van der Waals surface area contributed by atoms with E-state index >= 15 is 0 Å². The molecule has 0 N–H and O–H groups in total. The topological polar surface area (TPSA) is 34.1 Å². The van der Waals surface area contributed by atoms with E-state index in [1.54, 1.807) is 0 Å². The van der Waals surface area contributed by atoms with Crippen LogP contribution in [0.1, 0.15) is 0 Å². The Morgan fingerprint density at radius 3 is 0.607 bits per heavy atom. The molecule has 18 heteroatoms. The molecule has 0 rings (SSSR count). The van der Waals surface area contributed by atoms with Gasteiger partial charge in [-0.05, 0) is 0 Å². The maximum atomic E-state index is 13.1. The van der Waals surface area contributed by atoms with Gasteiger partial charge in [0.25, 0.3) is 0 Å². The zero-order chi connectivity index (χ0) is 23.4. The molecule has 0 aliphatic heterocycles. The Bertz CT molecular complexity index is 567. The predicted octanol–water partition coefficient (Wildman–Crippen LogP) is 4.47. The number of carbonyl (C=O) groups is 2. The lowest BCUT2D eigenvalue weighted by atomic mass is 9.88. The summed E-state index contributed by atoms with van der Waals surface area (Å²) in [6.07, 6.45) is -4.97. The van der Waals surface area contributed by atoms with Crippen LogP contribution >= 0.6 is 0 Å². The first-order chi connectivity index (χ1) is 11.9. The molecule has 0 heterocycles. The Hall–Kier alpha value is -1.78. The summed E-state index contributed by atoms with van der Waals surface area (Å²) >= 11 is 0. The third-order valence-corrected chi connectivity index (χ3v) is 3.10. The van der Waals surface area contributed by atoms with Crippen molar-refractivity contribution in [1.82, 2.24) is 0 Å². The Morgan fingerprint density at radius 1 is 0.321 bits per heavy atom. The second kappa shape index (κ2) is 6.36. The lowest BCUT2D eigenvalue weighted by molar-refractivity contribution is -0.446. The van der Waals surface area contributed by atoms with Crippen LogP contribution in [0.3, 0.4) is 0 Å². The number of rotatable bonds is 9. The molecule has 0 aromatic rings. The third kappa shape index (κ3) is 2.89. The Morgan fingerprint density at radius 2 is 0.464 bits per heavy atom. The predicted molar refractivity (Wildman–Crippen MR) is 51.7 cm³/mol. The molecule has 0 radical (unpaired) electrons. The molecule has 0 spiro atoms. The maximum absolute atomic E-state index is 13.1. The molecule has 0 fully saturated rings. The molecule has 0 atom stereocenters. The average molecular weight is 458 g/mol. The number of halogens is 16. The first kappa shape index (κ1) is 26.2. The van der Waals surface area contributed by atoms with Crippen molar-refractivity contribution in [3.05, 3.63) is 0 Å². The molecule has 166 valence electrons. The highest BCUT2D eigenvalue weighted by Gasteiger charge is 2.94. The zero-order valence-corrected chi connectivity index (χ0v) is 12.0. The van der Waals surface area contributed by atoms with E-state index in [2.05, 4.69) is 0 Å². The van der Waals surface area contributed by atoms with Crippen molar-refractivity contribution in [2.24, 2.45) is 0 Å². The fourth-order valence-electron chi connectivity index (χ4n) is 1.36. The number of hydrogen-bond acceptors (Lipinski definition) is 2. The fourth-order valence-corrected chi connectivity index (χ4v) is 1.36. The van der Waals surface area contributed by atoms with Gasteiger partial charge in [-0.15, -0.1) is 0 Å². The van der Waals surface area contributed by atoms with Crippen LogP contribution in [0.4, 0.5) is 70.2 Å². The van der Waals surface area contributed by atoms with E-state index in [1.807, 2.05) is 0 Å². The van der Waals surface area contributed by atoms with Gasteiger partial charge in [-0.25, -0.2) is 0 Å². The zero-order valence-electron chi connectivity index (χ0n) is 12.0. The SMILES string of the molecule is O=CC(F)(F)C(F)(F)C(F)(F)C(F)(F)C(F)(F)C(F)(F)C(F)(F)C(F)(F)C=O. The van der Waals surface area contributed by atoms with Crippen LogP contribution in [0, 0.1) is 0 Å². The number of aldehydes is 2. The summed E-state index contributed by atoms with van der Waals surface area (Å²) in [5.41, 5.74) is 0. The molecular formula is C10H2F16O2. The largest absolute Gasteiger partial charge is 0.385 e. The highest BCUT2D eigenvalue weighted by Crippen LogP contribution is 2.63. The van der Waals surface area contributed by atoms with Gasteiger partial charge in [0.05, 0.1) is 0 Å². The fraction of sp³-hybridized carbons (Fsp3) is 0.800. The molecule has 0 aliphatic rings.